The predicted molar refractivity (Wildman–Crippen MR) is 61.7 cm³/mol. The summed E-state index contributed by atoms with van der Waals surface area (Å²) in [5.74, 6) is -0.625. The maximum Gasteiger partial charge on any atom is 0.328 e. The molecule has 0 aliphatic carbocycles. The topological polar surface area (TPSA) is 72.8 Å². The lowest BCUT2D eigenvalue weighted by molar-refractivity contribution is -0.131. The van der Waals surface area contributed by atoms with Gasteiger partial charge < -0.3 is 14.6 Å². The van der Waals surface area contributed by atoms with Crippen molar-refractivity contribution in [3.05, 3.63) is 23.8 Å². The monoisotopic (exact) mass is 232 g/mol. The Morgan fingerprint density at radius 3 is 2.65 bits per heavy atom. The molecule has 0 unspecified atom stereocenters. The fourth-order valence-electron chi connectivity index (χ4n) is 1.20. The van der Waals surface area contributed by atoms with Crippen LogP contribution < -0.4 is 14.9 Å². The maximum atomic E-state index is 10.4. The number of carbonyl (C=O) groups is 2. The van der Waals surface area contributed by atoms with Gasteiger partial charge in [0.1, 0.15) is 7.85 Å². The summed E-state index contributed by atoms with van der Waals surface area (Å²) < 4.78 is 9.64. The number of carboxylic acids is 1. The zero-order chi connectivity index (χ0) is 12.8. The predicted octanol–water partition coefficient (Wildman–Crippen LogP) is 0.122. The molecule has 0 aliphatic rings. The molecule has 1 aromatic rings. The van der Waals surface area contributed by atoms with Crippen molar-refractivity contribution in [2.75, 3.05) is 7.11 Å². The van der Waals surface area contributed by atoms with Crippen LogP contribution in [-0.2, 0) is 9.59 Å². The first-order chi connectivity index (χ1) is 8.08. The van der Waals surface area contributed by atoms with Gasteiger partial charge in [-0.05, 0) is 23.8 Å². The number of hydrogen-bond acceptors (Lipinski definition) is 4. The van der Waals surface area contributed by atoms with E-state index in [9.17, 15) is 9.59 Å². The summed E-state index contributed by atoms with van der Waals surface area (Å²) in [4.78, 5) is 20.6. The highest BCUT2D eigenvalue weighted by molar-refractivity contribution is 6.34. The summed E-state index contributed by atoms with van der Waals surface area (Å²) in [7, 11) is 7.06. The fourth-order valence-corrected chi connectivity index (χ4v) is 1.20. The molecule has 0 saturated carbocycles. The van der Waals surface area contributed by atoms with E-state index in [1.165, 1.54) is 25.3 Å². The van der Waals surface area contributed by atoms with Crippen molar-refractivity contribution in [3.63, 3.8) is 0 Å². The molecule has 1 aromatic carbocycles. The molecule has 17 heavy (non-hydrogen) atoms. The van der Waals surface area contributed by atoms with Gasteiger partial charge in [0.15, 0.2) is 11.5 Å². The van der Waals surface area contributed by atoms with Gasteiger partial charge in [0, 0.05) is 6.08 Å². The molecular weight excluding hydrogens is 223 g/mol. The first kappa shape index (κ1) is 12.8. The summed E-state index contributed by atoms with van der Waals surface area (Å²) >= 11 is 0. The van der Waals surface area contributed by atoms with Crippen molar-refractivity contribution < 1.29 is 24.2 Å². The average molecular weight is 232 g/mol. The van der Waals surface area contributed by atoms with Crippen molar-refractivity contribution in [3.8, 4) is 11.5 Å². The third-order valence-corrected chi connectivity index (χ3v) is 1.95. The zero-order valence-corrected chi connectivity index (χ0v) is 9.04. The number of carboxylic acid groups (broad SMARTS) is 1. The summed E-state index contributed by atoms with van der Waals surface area (Å²) in [6.07, 6.45) is 2.27. The molecule has 5 nitrogen and oxygen atoms in total. The first-order valence-electron chi connectivity index (χ1n) is 4.57. The molecular formula is C11H9BO5. The molecule has 1 N–H and O–H groups in total. The highest BCUT2D eigenvalue weighted by atomic mass is 16.5. The smallest absolute Gasteiger partial charge is 0.328 e. The molecule has 0 spiro atoms. The molecule has 0 aromatic heterocycles. The van der Waals surface area contributed by atoms with Crippen LogP contribution in [0.25, 0.3) is 6.08 Å². The van der Waals surface area contributed by atoms with E-state index in [1.54, 1.807) is 0 Å². The van der Waals surface area contributed by atoms with E-state index in [1.807, 2.05) is 0 Å². The number of rotatable bonds is 5. The number of hydrogen-bond donors (Lipinski definition) is 1. The van der Waals surface area contributed by atoms with E-state index >= 15 is 0 Å². The Kier molecular flexibility index (Phi) is 4.33. The van der Waals surface area contributed by atoms with Crippen LogP contribution in [0.1, 0.15) is 5.56 Å². The van der Waals surface area contributed by atoms with E-state index in [0.29, 0.717) is 5.56 Å². The normalized spacial score (nSPS) is 10.2. The molecule has 0 bridgehead atoms. The Morgan fingerprint density at radius 2 is 2.12 bits per heavy atom. The molecule has 86 valence electrons. The number of carbonyl (C=O) groups excluding carboxylic acids is 1. The molecule has 0 fully saturated rings. The van der Waals surface area contributed by atoms with E-state index in [2.05, 4.69) is 4.74 Å². The standard InChI is InChI=1S/C11H9BO5/c1-16-9-4-7(2-3-11(14)15)8(12)5-10(9)17-6-13/h2-6H,1H3,(H,14,15)/b3-2+. The van der Waals surface area contributed by atoms with Crippen molar-refractivity contribution in [2.24, 2.45) is 0 Å². The summed E-state index contributed by atoms with van der Waals surface area (Å²) in [5.41, 5.74) is 0.739. The molecule has 0 aliphatic heterocycles. The molecule has 1 rings (SSSR count). The van der Waals surface area contributed by atoms with Crippen LogP contribution in [0.2, 0.25) is 0 Å². The van der Waals surface area contributed by atoms with Crippen molar-refractivity contribution >= 4 is 31.8 Å². The Bertz CT molecular complexity index is 467. The van der Waals surface area contributed by atoms with Crippen LogP contribution in [0.15, 0.2) is 18.2 Å². The van der Waals surface area contributed by atoms with Gasteiger partial charge in [-0.25, -0.2) is 4.79 Å². The molecule has 0 heterocycles. The van der Waals surface area contributed by atoms with Gasteiger partial charge in [-0.3, -0.25) is 4.79 Å². The lowest BCUT2D eigenvalue weighted by Gasteiger charge is -2.09. The average Bonchev–Trinajstić information content (AvgIpc) is 2.28. The number of methoxy groups -OCH3 is 1. The van der Waals surface area contributed by atoms with Gasteiger partial charge in [-0.15, -0.1) is 0 Å². The molecule has 0 atom stereocenters. The minimum Gasteiger partial charge on any atom is -0.493 e. The lowest BCUT2D eigenvalue weighted by Crippen LogP contribution is -2.09. The molecule has 2 radical (unpaired) electrons. The van der Waals surface area contributed by atoms with Gasteiger partial charge in [0.2, 0.25) is 0 Å². The van der Waals surface area contributed by atoms with Crippen LogP contribution in [0.4, 0.5) is 0 Å². The van der Waals surface area contributed by atoms with E-state index in [-0.39, 0.29) is 23.4 Å². The van der Waals surface area contributed by atoms with Crippen LogP contribution in [0, 0.1) is 0 Å². The molecule has 0 saturated heterocycles. The Morgan fingerprint density at radius 1 is 1.41 bits per heavy atom. The first-order valence-corrected chi connectivity index (χ1v) is 4.57. The minimum absolute atomic E-state index is 0.174. The third kappa shape index (κ3) is 3.37. The van der Waals surface area contributed by atoms with E-state index in [0.717, 1.165) is 6.08 Å². The van der Waals surface area contributed by atoms with Crippen molar-refractivity contribution in [1.82, 2.24) is 0 Å². The lowest BCUT2D eigenvalue weighted by atomic mass is 9.90. The largest absolute Gasteiger partial charge is 0.493 e. The number of benzene rings is 1. The summed E-state index contributed by atoms with van der Waals surface area (Å²) in [6, 6.07) is 2.86. The van der Waals surface area contributed by atoms with Crippen LogP contribution >= 0.6 is 0 Å². The van der Waals surface area contributed by atoms with Gasteiger partial charge in [-0.2, -0.15) is 0 Å². The van der Waals surface area contributed by atoms with Gasteiger partial charge in [-0.1, -0.05) is 5.46 Å². The zero-order valence-electron chi connectivity index (χ0n) is 9.04. The Hall–Kier alpha value is -2.24. The van der Waals surface area contributed by atoms with E-state index in [4.69, 9.17) is 17.7 Å². The van der Waals surface area contributed by atoms with Crippen LogP contribution in [0.3, 0.4) is 0 Å². The van der Waals surface area contributed by atoms with E-state index < -0.39 is 5.97 Å². The number of ether oxygens (including phenoxy) is 2. The summed E-state index contributed by atoms with van der Waals surface area (Å²) in [6.45, 7) is 0.254. The van der Waals surface area contributed by atoms with Gasteiger partial charge in [0.05, 0.1) is 7.11 Å². The molecule has 0 amide bonds. The Labute approximate surface area is 99.1 Å². The number of aliphatic carboxylic acids is 1. The maximum absolute atomic E-state index is 10.4. The second-order valence-corrected chi connectivity index (χ2v) is 3.02. The second-order valence-electron chi connectivity index (χ2n) is 3.02. The van der Waals surface area contributed by atoms with Crippen LogP contribution in [0.5, 0.6) is 11.5 Å². The second kappa shape index (κ2) is 5.74. The molecule has 6 heteroatoms. The minimum atomic E-state index is -1.09. The van der Waals surface area contributed by atoms with Crippen molar-refractivity contribution in [1.29, 1.82) is 0 Å². The SMILES string of the molecule is [B]c1cc(OC=O)c(OC)cc1/C=C/C(=O)O. The van der Waals surface area contributed by atoms with Crippen molar-refractivity contribution in [2.45, 2.75) is 0 Å². The van der Waals surface area contributed by atoms with Gasteiger partial charge >= 0.3 is 5.97 Å². The van der Waals surface area contributed by atoms with Crippen LogP contribution in [-0.4, -0.2) is 32.5 Å². The summed E-state index contributed by atoms with van der Waals surface area (Å²) in [5, 5.41) is 8.50. The fraction of sp³-hybridized carbons (Fsp3) is 0.0909. The highest BCUT2D eigenvalue weighted by Crippen LogP contribution is 2.26. The third-order valence-electron chi connectivity index (χ3n) is 1.95. The van der Waals surface area contributed by atoms with Gasteiger partial charge in [0.25, 0.3) is 6.47 Å². The highest BCUT2D eigenvalue weighted by Gasteiger charge is 2.07. The quantitative estimate of drug-likeness (QED) is 0.443. The Balaban J connectivity index is 3.16.